The topological polar surface area (TPSA) is 29.5 Å². The Morgan fingerprint density at radius 3 is 2.71 bits per heavy atom. The molecule has 1 aliphatic heterocycles. The van der Waals surface area contributed by atoms with E-state index in [1.165, 1.54) is 0 Å². The number of hydrogen-bond donors (Lipinski definition) is 0. The van der Waals surface area contributed by atoms with Gasteiger partial charge in [-0.25, -0.2) is 0 Å². The highest BCUT2D eigenvalue weighted by Gasteiger charge is 2.21. The Kier molecular flexibility index (Phi) is 4.31. The molecule has 0 bridgehead atoms. The van der Waals surface area contributed by atoms with Crippen molar-refractivity contribution >= 4 is 37.8 Å². The molecule has 0 unspecified atom stereocenters. The Labute approximate surface area is 140 Å². The molecule has 21 heavy (non-hydrogen) atoms. The molecule has 0 saturated heterocycles. The van der Waals surface area contributed by atoms with Gasteiger partial charge in [0.25, 0.3) is 5.91 Å². The summed E-state index contributed by atoms with van der Waals surface area (Å²) in [5.41, 5.74) is 2.11. The SMILES string of the molecule is O=C1COc2ccc(Br)cc2CN1Cc1cccc(Br)c1. The second kappa shape index (κ2) is 6.20. The molecule has 0 fully saturated rings. The average molecular weight is 411 g/mol. The van der Waals surface area contributed by atoms with Crippen molar-refractivity contribution in [1.82, 2.24) is 4.90 Å². The maximum atomic E-state index is 12.2. The smallest absolute Gasteiger partial charge is 0.261 e. The van der Waals surface area contributed by atoms with Crippen molar-refractivity contribution in [3.05, 3.63) is 62.5 Å². The molecule has 1 heterocycles. The maximum Gasteiger partial charge on any atom is 0.261 e. The van der Waals surface area contributed by atoms with Gasteiger partial charge in [-0.05, 0) is 35.9 Å². The second-order valence-corrected chi connectivity index (χ2v) is 6.75. The van der Waals surface area contributed by atoms with E-state index in [4.69, 9.17) is 4.74 Å². The van der Waals surface area contributed by atoms with Crippen LogP contribution in [-0.4, -0.2) is 17.4 Å². The third-order valence-corrected chi connectivity index (χ3v) is 4.34. The number of nitrogens with zero attached hydrogens (tertiary/aromatic N) is 1. The summed E-state index contributed by atoms with van der Waals surface area (Å²) in [7, 11) is 0. The summed E-state index contributed by atoms with van der Waals surface area (Å²) in [5.74, 6) is 0.783. The van der Waals surface area contributed by atoms with Gasteiger partial charge < -0.3 is 9.64 Å². The summed E-state index contributed by atoms with van der Waals surface area (Å²) in [6.45, 7) is 1.22. The molecular weight excluding hydrogens is 398 g/mol. The van der Waals surface area contributed by atoms with Crippen LogP contribution in [0.15, 0.2) is 51.4 Å². The molecular formula is C16H13Br2NO2. The predicted octanol–water partition coefficient (Wildman–Crippen LogP) is 4.13. The van der Waals surface area contributed by atoms with E-state index in [-0.39, 0.29) is 12.5 Å². The largest absolute Gasteiger partial charge is 0.483 e. The minimum atomic E-state index is 0.00213. The Hall–Kier alpha value is -1.33. The number of carbonyl (C=O) groups is 1. The van der Waals surface area contributed by atoms with Crippen molar-refractivity contribution in [3.8, 4) is 5.75 Å². The zero-order chi connectivity index (χ0) is 14.8. The van der Waals surface area contributed by atoms with Crippen LogP contribution in [0.3, 0.4) is 0 Å². The van der Waals surface area contributed by atoms with Gasteiger partial charge in [0.05, 0.1) is 0 Å². The molecule has 108 valence electrons. The summed E-state index contributed by atoms with van der Waals surface area (Å²) in [5, 5.41) is 0. The quantitative estimate of drug-likeness (QED) is 0.744. The van der Waals surface area contributed by atoms with Crippen LogP contribution in [0, 0.1) is 0 Å². The first-order chi connectivity index (χ1) is 10.1. The molecule has 0 aromatic heterocycles. The Bertz CT molecular complexity index is 688. The Morgan fingerprint density at radius 1 is 1.10 bits per heavy atom. The first kappa shape index (κ1) is 14.6. The van der Waals surface area contributed by atoms with Crippen LogP contribution in [0.5, 0.6) is 5.75 Å². The van der Waals surface area contributed by atoms with E-state index in [0.717, 1.165) is 25.8 Å². The number of benzene rings is 2. The van der Waals surface area contributed by atoms with Gasteiger partial charge in [-0.1, -0.05) is 44.0 Å². The maximum absolute atomic E-state index is 12.2. The lowest BCUT2D eigenvalue weighted by molar-refractivity contribution is -0.133. The molecule has 0 spiro atoms. The van der Waals surface area contributed by atoms with Crippen LogP contribution in [0.1, 0.15) is 11.1 Å². The van der Waals surface area contributed by atoms with Crippen LogP contribution in [0.4, 0.5) is 0 Å². The summed E-state index contributed by atoms with van der Waals surface area (Å²) in [6, 6.07) is 13.8. The lowest BCUT2D eigenvalue weighted by Crippen LogP contribution is -2.31. The first-order valence-corrected chi connectivity index (χ1v) is 8.14. The molecule has 1 aliphatic rings. The predicted molar refractivity (Wildman–Crippen MR) is 88.0 cm³/mol. The summed E-state index contributed by atoms with van der Waals surface area (Å²) in [4.78, 5) is 14.1. The summed E-state index contributed by atoms with van der Waals surface area (Å²) in [6.07, 6.45) is 0. The van der Waals surface area contributed by atoms with Crippen molar-refractivity contribution in [2.24, 2.45) is 0 Å². The first-order valence-electron chi connectivity index (χ1n) is 6.55. The van der Waals surface area contributed by atoms with Gasteiger partial charge in [-0.2, -0.15) is 0 Å². The molecule has 0 radical (unpaired) electrons. The molecule has 3 rings (SSSR count). The van der Waals surface area contributed by atoms with Crippen molar-refractivity contribution in [3.63, 3.8) is 0 Å². The monoisotopic (exact) mass is 409 g/mol. The van der Waals surface area contributed by atoms with E-state index in [1.807, 2.05) is 47.4 Å². The summed E-state index contributed by atoms with van der Waals surface area (Å²) < 4.78 is 7.59. The van der Waals surface area contributed by atoms with Gasteiger partial charge in [0, 0.05) is 27.6 Å². The fraction of sp³-hybridized carbons (Fsp3) is 0.188. The molecule has 0 N–H and O–H groups in total. The van der Waals surface area contributed by atoms with Crippen molar-refractivity contribution in [2.45, 2.75) is 13.1 Å². The van der Waals surface area contributed by atoms with Gasteiger partial charge in [0.2, 0.25) is 0 Å². The van der Waals surface area contributed by atoms with Gasteiger partial charge >= 0.3 is 0 Å². The highest BCUT2D eigenvalue weighted by molar-refractivity contribution is 9.10. The summed E-state index contributed by atoms with van der Waals surface area (Å²) >= 11 is 6.92. The number of amides is 1. The standard InChI is InChI=1S/C16H13Br2NO2/c17-13-3-1-2-11(6-13)8-19-9-12-7-14(18)4-5-15(12)21-10-16(19)20/h1-7H,8-10H2. The third-order valence-electron chi connectivity index (χ3n) is 3.35. The van der Waals surface area contributed by atoms with Crippen LogP contribution >= 0.6 is 31.9 Å². The fourth-order valence-corrected chi connectivity index (χ4v) is 3.19. The van der Waals surface area contributed by atoms with Gasteiger partial charge in [0.1, 0.15) is 5.75 Å². The zero-order valence-corrected chi connectivity index (χ0v) is 14.4. The molecule has 1 amide bonds. The van der Waals surface area contributed by atoms with Crippen LogP contribution in [0.25, 0.3) is 0 Å². The Morgan fingerprint density at radius 2 is 1.90 bits per heavy atom. The normalized spacial score (nSPS) is 14.4. The molecule has 2 aromatic carbocycles. The van der Waals surface area contributed by atoms with E-state index < -0.39 is 0 Å². The number of carbonyl (C=O) groups excluding carboxylic acids is 1. The lowest BCUT2D eigenvalue weighted by atomic mass is 10.1. The highest BCUT2D eigenvalue weighted by atomic mass is 79.9. The van der Waals surface area contributed by atoms with Crippen molar-refractivity contribution in [2.75, 3.05) is 6.61 Å². The average Bonchev–Trinajstić information content (AvgIpc) is 2.59. The molecule has 2 aromatic rings. The lowest BCUT2D eigenvalue weighted by Gasteiger charge is -2.20. The van der Waals surface area contributed by atoms with E-state index in [1.54, 1.807) is 0 Å². The number of hydrogen-bond acceptors (Lipinski definition) is 2. The van der Waals surface area contributed by atoms with Crippen molar-refractivity contribution < 1.29 is 9.53 Å². The molecule has 0 aliphatic carbocycles. The van der Waals surface area contributed by atoms with Crippen LogP contribution < -0.4 is 4.74 Å². The van der Waals surface area contributed by atoms with Crippen LogP contribution in [0.2, 0.25) is 0 Å². The van der Waals surface area contributed by atoms with E-state index in [0.29, 0.717) is 13.1 Å². The highest BCUT2D eigenvalue weighted by Crippen LogP contribution is 2.27. The minimum absolute atomic E-state index is 0.00213. The Balaban J connectivity index is 1.86. The number of halogens is 2. The molecule has 5 heteroatoms. The molecule has 3 nitrogen and oxygen atoms in total. The number of rotatable bonds is 2. The van der Waals surface area contributed by atoms with Gasteiger partial charge in [-0.3, -0.25) is 4.79 Å². The van der Waals surface area contributed by atoms with E-state index in [9.17, 15) is 4.79 Å². The fourth-order valence-electron chi connectivity index (χ4n) is 2.34. The van der Waals surface area contributed by atoms with Crippen molar-refractivity contribution in [1.29, 1.82) is 0 Å². The second-order valence-electron chi connectivity index (χ2n) is 4.92. The molecule has 0 atom stereocenters. The van der Waals surface area contributed by atoms with E-state index >= 15 is 0 Å². The minimum Gasteiger partial charge on any atom is -0.483 e. The zero-order valence-electron chi connectivity index (χ0n) is 11.2. The third kappa shape index (κ3) is 3.47. The van der Waals surface area contributed by atoms with Gasteiger partial charge in [0.15, 0.2) is 6.61 Å². The van der Waals surface area contributed by atoms with Crippen LogP contribution in [-0.2, 0) is 17.9 Å². The van der Waals surface area contributed by atoms with E-state index in [2.05, 4.69) is 31.9 Å². The number of ether oxygens (including phenoxy) is 1. The van der Waals surface area contributed by atoms with Gasteiger partial charge in [-0.15, -0.1) is 0 Å². The molecule has 0 saturated carbocycles. The number of fused-ring (bicyclic) bond motifs is 1.